The van der Waals surface area contributed by atoms with E-state index in [-0.39, 0.29) is 22.8 Å². The number of aromatic nitrogens is 2. The topological polar surface area (TPSA) is 68.0 Å². The number of hydrogen-bond donors (Lipinski definition) is 1. The van der Waals surface area contributed by atoms with Crippen molar-refractivity contribution in [2.24, 2.45) is 0 Å². The number of halogens is 3. The summed E-state index contributed by atoms with van der Waals surface area (Å²) in [5, 5.41) is 12.4. The van der Waals surface area contributed by atoms with Crippen LogP contribution in [0.5, 0.6) is 0 Å². The van der Waals surface area contributed by atoms with E-state index in [0.29, 0.717) is 26.3 Å². The Hall–Kier alpha value is -1.73. The molecule has 0 fully saturated rings. The maximum Gasteiger partial charge on any atom is 0.277 e. The van der Waals surface area contributed by atoms with Crippen molar-refractivity contribution in [3.63, 3.8) is 0 Å². The van der Waals surface area contributed by atoms with Gasteiger partial charge in [0.15, 0.2) is 0 Å². The van der Waals surface area contributed by atoms with Gasteiger partial charge in [0, 0.05) is 15.7 Å². The van der Waals surface area contributed by atoms with Crippen LogP contribution in [0.25, 0.3) is 11.5 Å². The average Bonchev–Trinajstić information content (AvgIpc) is 3.05. The number of carbonyl (C=O) groups is 1. The minimum atomic E-state index is -0.204. The predicted molar refractivity (Wildman–Crippen MR) is 105 cm³/mol. The molecular weight excluding hydrogens is 417 g/mol. The SMILES string of the molecule is Cc1ccc(Cl)cc1NC(=O)CSc1nnc(-c2ccc(Cl)cc2Cl)o1. The second-order valence-electron chi connectivity index (χ2n) is 5.29. The van der Waals surface area contributed by atoms with Crippen molar-refractivity contribution in [2.75, 3.05) is 11.1 Å². The van der Waals surface area contributed by atoms with Crippen LogP contribution in [-0.2, 0) is 4.79 Å². The normalized spacial score (nSPS) is 10.8. The van der Waals surface area contributed by atoms with E-state index in [1.54, 1.807) is 30.3 Å². The summed E-state index contributed by atoms with van der Waals surface area (Å²) in [6, 6.07) is 10.3. The Kier molecular flexibility index (Phi) is 6.09. The van der Waals surface area contributed by atoms with Crippen LogP contribution in [-0.4, -0.2) is 21.9 Å². The van der Waals surface area contributed by atoms with Crippen LogP contribution in [0.15, 0.2) is 46.0 Å². The third kappa shape index (κ3) is 4.71. The second-order valence-corrected chi connectivity index (χ2v) is 7.50. The summed E-state index contributed by atoms with van der Waals surface area (Å²) in [6.07, 6.45) is 0. The Balaban J connectivity index is 1.62. The lowest BCUT2D eigenvalue weighted by atomic mass is 10.2. The fourth-order valence-corrected chi connectivity index (χ4v) is 3.31. The minimum Gasteiger partial charge on any atom is -0.411 e. The van der Waals surface area contributed by atoms with E-state index in [1.165, 1.54) is 0 Å². The highest BCUT2D eigenvalue weighted by Gasteiger charge is 2.14. The summed E-state index contributed by atoms with van der Waals surface area (Å²) in [4.78, 5) is 12.1. The van der Waals surface area contributed by atoms with E-state index in [9.17, 15) is 4.79 Å². The van der Waals surface area contributed by atoms with Gasteiger partial charge in [0.05, 0.1) is 16.3 Å². The molecule has 9 heteroatoms. The standard InChI is InChI=1S/C17H12Cl3N3O2S/c1-9-2-3-11(19)7-14(9)21-15(24)8-26-17-23-22-16(25-17)12-5-4-10(18)6-13(12)20/h2-7H,8H2,1H3,(H,21,24). The molecule has 0 bridgehead atoms. The molecule has 0 unspecified atom stereocenters. The van der Waals surface area contributed by atoms with Crippen molar-refractivity contribution in [1.29, 1.82) is 0 Å². The van der Waals surface area contributed by atoms with Gasteiger partial charge in [0.25, 0.3) is 5.22 Å². The van der Waals surface area contributed by atoms with Gasteiger partial charge in [0.2, 0.25) is 11.8 Å². The number of benzene rings is 2. The van der Waals surface area contributed by atoms with Gasteiger partial charge in [0.1, 0.15) is 0 Å². The van der Waals surface area contributed by atoms with Gasteiger partial charge < -0.3 is 9.73 Å². The quantitative estimate of drug-likeness (QED) is 0.525. The average molecular weight is 429 g/mol. The molecule has 0 atom stereocenters. The fraction of sp³-hybridized carbons (Fsp3) is 0.118. The van der Waals surface area contributed by atoms with Crippen LogP contribution < -0.4 is 5.32 Å². The van der Waals surface area contributed by atoms with Gasteiger partial charge in [-0.2, -0.15) is 0 Å². The molecule has 0 aliphatic rings. The number of thioether (sulfide) groups is 1. The molecule has 3 rings (SSSR count). The van der Waals surface area contributed by atoms with Crippen LogP contribution in [0.2, 0.25) is 15.1 Å². The number of amides is 1. The third-order valence-electron chi connectivity index (χ3n) is 3.37. The largest absolute Gasteiger partial charge is 0.411 e. The molecular formula is C17H12Cl3N3O2S. The number of nitrogens with zero attached hydrogens (tertiary/aromatic N) is 2. The summed E-state index contributed by atoms with van der Waals surface area (Å²) in [6.45, 7) is 1.89. The Morgan fingerprint density at radius 3 is 2.62 bits per heavy atom. The molecule has 5 nitrogen and oxygen atoms in total. The predicted octanol–water partition coefficient (Wildman–Crippen LogP) is 5.74. The number of nitrogens with one attached hydrogen (secondary N) is 1. The molecule has 1 amide bonds. The van der Waals surface area contributed by atoms with Crippen molar-refractivity contribution < 1.29 is 9.21 Å². The van der Waals surface area contributed by atoms with Crippen molar-refractivity contribution in [3.05, 3.63) is 57.0 Å². The maximum absolute atomic E-state index is 12.1. The highest BCUT2D eigenvalue weighted by Crippen LogP contribution is 2.31. The maximum atomic E-state index is 12.1. The van der Waals surface area contributed by atoms with E-state index in [4.69, 9.17) is 39.2 Å². The van der Waals surface area contributed by atoms with E-state index < -0.39 is 0 Å². The molecule has 0 aliphatic heterocycles. The van der Waals surface area contributed by atoms with Gasteiger partial charge in [-0.3, -0.25) is 4.79 Å². The molecule has 1 N–H and O–H groups in total. The highest BCUT2D eigenvalue weighted by molar-refractivity contribution is 7.99. The summed E-state index contributed by atoms with van der Waals surface area (Å²) in [7, 11) is 0. The number of rotatable bonds is 5. The molecule has 3 aromatic rings. The van der Waals surface area contributed by atoms with E-state index in [2.05, 4.69) is 15.5 Å². The molecule has 134 valence electrons. The first-order chi connectivity index (χ1) is 12.4. The lowest BCUT2D eigenvalue weighted by Gasteiger charge is -2.07. The number of carbonyl (C=O) groups excluding carboxylic acids is 1. The van der Waals surface area contributed by atoms with E-state index in [1.807, 2.05) is 13.0 Å². The van der Waals surface area contributed by atoms with Gasteiger partial charge in [-0.1, -0.05) is 52.6 Å². The fourth-order valence-electron chi connectivity index (χ4n) is 2.08. The zero-order valence-corrected chi connectivity index (χ0v) is 16.5. The molecule has 0 aliphatic carbocycles. The van der Waals surface area contributed by atoms with Crippen LogP contribution >= 0.6 is 46.6 Å². The van der Waals surface area contributed by atoms with Crippen LogP contribution in [0, 0.1) is 6.92 Å². The first-order valence-electron chi connectivity index (χ1n) is 7.40. The van der Waals surface area contributed by atoms with E-state index in [0.717, 1.165) is 17.3 Å². The molecule has 0 radical (unpaired) electrons. The summed E-state index contributed by atoms with van der Waals surface area (Å²) >= 11 is 19.1. The lowest BCUT2D eigenvalue weighted by Crippen LogP contribution is -2.14. The molecule has 26 heavy (non-hydrogen) atoms. The number of aryl methyl sites for hydroxylation is 1. The molecule has 1 aromatic heterocycles. The molecule has 0 spiro atoms. The summed E-state index contributed by atoms with van der Waals surface area (Å²) in [5.41, 5.74) is 2.17. The monoisotopic (exact) mass is 427 g/mol. The molecule has 0 saturated heterocycles. The second kappa shape index (κ2) is 8.31. The van der Waals surface area contributed by atoms with Gasteiger partial charge in [-0.05, 0) is 42.8 Å². The highest BCUT2D eigenvalue weighted by atomic mass is 35.5. The Labute approximate surface area is 169 Å². The Morgan fingerprint density at radius 1 is 1.12 bits per heavy atom. The van der Waals surface area contributed by atoms with Gasteiger partial charge >= 0.3 is 0 Å². The molecule has 1 heterocycles. The first kappa shape index (κ1) is 19.0. The third-order valence-corrected chi connectivity index (χ3v) is 4.97. The minimum absolute atomic E-state index is 0.113. The van der Waals surface area contributed by atoms with Crippen LogP contribution in [0.3, 0.4) is 0 Å². The Morgan fingerprint density at radius 2 is 1.85 bits per heavy atom. The van der Waals surface area contributed by atoms with Crippen LogP contribution in [0.4, 0.5) is 5.69 Å². The smallest absolute Gasteiger partial charge is 0.277 e. The van der Waals surface area contributed by atoms with Crippen molar-refractivity contribution in [3.8, 4) is 11.5 Å². The Bertz CT molecular complexity index is 962. The zero-order chi connectivity index (χ0) is 18.7. The number of hydrogen-bond acceptors (Lipinski definition) is 5. The van der Waals surface area contributed by atoms with Gasteiger partial charge in [-0.25, -0.2) is 0 Å². The zero-order valence-electron chi connectivity index (χ0n) is 13.4. The van der Waals surface area contributed by atoms with Crippen LogP contribution in [0.1, 0.15) is 5.56 Å². The van der Waals surface area contributed by atoms with E-state index >= 15 is 0 Å². The van der Waals surface area contributed by atoms with Crippen molar-refractivity contribution >= 4 is 58.2 Å². The summed E-state index contributed by atoms with van der Waals surface area (Å²) < 4.78 is 5.55. The lowest BCUT2D eigenvalue weighted by molar-refractivity contribution is -0.113. The van der Waals surface area contributed by atoms with Gasteiger partial charge in [-0.15, -0.1) is 10.2 Å². The molecule has 2 aromatic carbocycles. The summed E-state index contributed by atoms with van der Waals surface area (Å²) in [5.74, 6) is 0.173. The van der Waals surface area contributed by atoms with Crippen molar-refractivity contribution in [2.45, 2.75) is 12.1 Å². The number of anilines is 1. The van der Waals surface area contributed by atoms with Crippen molar-refractivity contribution in [1.82, 2.24) is 10.2 Å². The first-order valence-corrected chi connectivity index (χ1v) is 9.52. The molecule has 0 saturated carbocycles.